The number of anilines is 1. The lowest BCUT2D eigenvalue weighted by Crippen LogP contribution is -2.36. The van der Waals surface area contributed by atoms with Gasteiger partial charge in [-0.2, -0.15) is 4.98 Å². The second-order valence-electron chi connectivity index (χ2n) is 4.79. The number of aromatic nitrogens is 1. The van der Waals surface area contributed by atoms with Crippen LogP contribution in [0, 0.1) is 0 Å². The van der Waals surface area contributed by atoms with Crippen molar-refractivity contribution in [3.8, 4) is 0 Å². The van der Waals surface area contributed by atoms with Crippen molar-refractivity contribution in [2.45, 2.75) is 6.92 Å². The first-order valence-electron chi connectivity index (χ1n) is 6.51. The van der Waals surface area contributed by atoms with Gasteiger partial charge < -0.3 is 19.3 Å². The zero-order valence-electron chi connectivity index (χ0n) is 12.2. The summed E-state index contributed by atoms with van der Waals surface area (Å²) in [6, 6.07) is 4.80. The summed E-state index contributed by atoms with van der Waals surface area (Å²) >= 11 is 0. The number of hydrogen-bond acceptors (Lipinski definition) is 5. The number of rotatable bonds is 5. The van der Waals surface area contributed by atoms with E-state index < -0.39 is 5.97 Å². The predicted octanol–water partition coefficient (Wildman–Crippen LogP) is 1.44. The average Bonchev–Trinajstić information content (AvgIpc) is 2.86. The Hall–Kier alpha value is -2.57. The molecule has 1 heterocycles. The van der Waals surface area contributed by atoms with E-state index in [0.29, 0.717) is 23.7 Å². The fraction of sp³-hybridized carbons (Fsp3) is 0.357. The largest absolute Gasteiger partial charge is 0.478 e. The van der Waals surface area contributed by atoms with Crippen LogP contribution in [0.4, 0.5) is 6.01 Å². The van der Waals surface area contributed by atoms with Crippen LogP contribution in [0.15, 0.2) is 22.6 Å². The minimum absolute atomic E-state index is 0.0645. The zero-order valence-corrected chi connectivity index (χ0v) is 12.2. The van der Waals surface area contributed by atoms with Gasteiger partial charge >= 0.3 is 5.97 Å². The summed E-state index contributed by atoms with van der Waals surface area (Å²) in [5.74, 6) is -1.09. The highest BCUT2D eigenvalue weighted by atomic mass is 16.4. The van der Waals surface area contributed by atoms with E-state index in [4.69, 9.17) is 9.52 Å². The average molecular weight is 291 g/mol. The number of hydrogen-bond donors (Lipinski definition) is 1. The second kappa shape index (κ2) is 5.82. The van der Waals surface area contributed by atoms with Crippen molar-refractivity contribution in [2.75, 3.05) is 32.1 Å². The van der Waals surface area contributed by atoms with Crippen LogP contribution in [0.2, 0.25) is 0 Å². The van der Waals surface area contributed by atoms with E-state index in [-0.39, 0.29) is 18.0 Å². The van der Waals surface area contributed by atoms with Crippen LogP contribution >= 0.6 is 0 Å². The molecule has 2 aromatic rings. The summed E-state index contributed by atoms with van der Waals surface area (Å²) in [5, 5.41) is 8.96. The summed E-state index contributed by atoms with van der Waals surface area (Å²) in [5.41, 5.74) is 1.09. The van der Waals surface area contributed by atoms with Gasteiger partial charge in [-0.3, -0.25) is 4.79 Å². The molecule has 112 valence electrons. The molecule has 1 aromatic heterocycles. The van der Waals surface area contributed by atoms with E-state index in [2.05, 4.69) is 4.98 Å². The van der Waals surface area contributed by atoms with Crippen LogP contribution < -0.4 is 4.90 Å². The summed E-state index contributed by atoms with van der Waals surface area (Å²) in [6.07, 6.45) is 0. The number of oxazole rings is 1. The predicted molar refractivity (Wildman–Crippen MR) is 77.5 cm³/mol. The number of carboxylic acids is 1. The number of aromatic carboxylic acids is 1. The molecule has 0 radical (unpaired) electrons. The monoisotopic (exact) mass is 291 g/mol. The van der Waals surface area contributed by atoms with Crippen molar-refractivity contribution in [1.29, 1.82) is 0 Å². The molecule has 0 fully saturated rings. The minimum atomic E-state index is -1.02. The van der Waals surface area contributed by atoms with Gasteiger partial charge in [-0.15, -0.1) is 0 Å². The molecule has 0 spiro atoms. The van der Waals surface area contributed by atoms with Crippen LogP contribution in [0.5, 0.6) is 0 Å². The number of carboxylic acid groups (broad SMARTS) is 1. The summed E-state index contributed by atoms with van der Waals surface area (Å²) < 4.78 is 5.57. The maximum Gasteiger partial charge on any atom is 0.335 e. The van der Waals surface area contributed by atoms with Crippen LogP contribution in [0.25, 0.3) is 11.1 Å². The highest BCUT2D eigenvalue weighted by Gasteiger charge is 2.17. The standard InChI is InChI=1S/C14H17N3O4/c1-4-17(8-12(18)16(2)3)14-15-10-6-5-9(13(19)20)7-11(10)21-14/h5-7H,4,8H2,1-3H3,(H,19,20). The Balaban J connectivity index is 2.32. The van der Waals surface area contributed by atoms with E-state index >= 15 is 0 Å². The number of nitrogens with zero attached hydrogens (tertiary/aromatic N) is 3. The van der Waals surface area contributed by atoms with Gasteiger partial charge in [-0.25, -0.2) is 4.79 Å². The molecular formula is C14H17N3O4. The van der Waals surface area contributed by atoms with Gasteiger partial charge in [-0.05, 0) is 25.1 Å². The summed E-state index contributed by atoms with van der Waals surface area (Å²) in [7, 11) is 3.36. The third-order valence-electron chi connectivity index (χ3n) is 3.10. The van der Waals surface area contributed by atoms with E-state index in [1.807, 2.05) is 6.92 Å². The Bertz CT molecular complexity index is 678. The highest BCUT2D eigenvalue weighted by molar-refractivity contribution is 5.92. The van der Waals surface area contributed by atoms with Gasteiger partial charge in [0.05, 0.1) is 5.56 Å². The lowest BCUT2D eigenvalue weighted by atomic mass is 10.2. The van der Waals surface area contributed by atoms with Crippen LogP contribution in [-0.2, 0) is 4.79 Å². The maximum absolute atomic E-state index is 11.8. The van der Waals surface area contributed by atoms with Gasteiger partial charge in [0.1, 0.15) is 12.1 Å². The molecule has 0 aliphatic heterocycles. The Morgan fingerprint density at radius 3 is 2.62 bits per heavy atom. The van der Waals surface area contributed by atoms with Crippen molar-refractivity contribution < 1.29 is 19.1 Å². The first-order chi connectivity index (χ1) is 9.92. The van der Waals surface area contributed by atoms with E-state index in [1.54, 1.807) is 25.1 Å². The van der Waals surface area contributed by atoms with Crippen LogP contribution in [0.1, 0.15) is 17.3 Å². The molecule has 7 heteroatoms. The molecule has 7 nitrogen and oxygen atoms in total. The van der Waals surface area contributed by atoms with Gasteiger partial charge in [-0.1, -0.05) is 0 Å². The van der Waals surface area contributed by atoms with Gasteiger partial charge in [0.15, 0.2) is 5.58 Å². The molecule has 21 heavy (non-hydrogen) atoms. The maximum atomic E-state index is 11.8. The molecule has 1 N–H and O–H groups in total. The quantitative estimate of drug-likeness (QED) is 0.897. The number of fused-ring (bicyclic) bond motifs is 1. The molecule has 0 saturated carbocycles. The van der Waals surface area contributed by atoms with Crippen molar-refractivity contribution in [3.05, 3.63) is 23.8 Å². The number of carbonyl (C=O) groups is 2. The Morgan fingerprint density at radius 2 is 2.05 bits per heavy atom. The Kier molecular flexibility index (Phi) is 4.11. The fourth-order valence-corrected chi connectivity index (χ4v) is 1.80. The molecule has 1 amide bonds. The van der Waals surface area contributed by atoms with Crippen LogP contribution in [0.3, 0.4) is 0 Å². The van der Waals surface area contributed by atoms with E-state index in [0.717, 1.165) is 0 Å². The molecule has 0 aliphatic rings. The number of likely N-dealkylation sites (N-methyl/N-ethyl adjacent to an activating group) is 2. The lowest BCUT2D eigenvalue weighted by molar-refractivity contribution is -0.127. The molecule has 0 aliphatic carbocycles. The van der Waals surface area contributed by atoms with Crippen molar-refractivity contribution in [2.24, 2.45) is 0 Å². The Labute approximate surface area is 121 Å². The van der Waals surface area contributed by atoms with E-state index in [1.165, 1.54) is 17.0 Å². The third-order valence-corrected chi connectivity index (χ3v) is 3.10. The molecule has 2 rings (SSSR count). The zero-order chi connectivity index (χ0) is 15.6. The number of amides is 1. The molecule has 0 bridgehead atoms. The summed E-state index contributed by atoms with van der Waals surface area (Å²) in [6.45, 7) is 2.60. The van der Waals surface area contributed by atoms with Gasteiger partial charge in [0.25, 0.3) is 6.01 Å². The molecular weight excluding hydrogens is 274 g/mol. The highest BCUT2D eigenvalue weighted by Crippen LogP contribution is 2.23. The minimum Gasteiger partial charge on any atom is -0.478 e. The van der Waals surface area contributed by atoms with Gasteiger partial charge in [0, 0.05) is 20.6 Å². The molecule has 0 unspecified atom stereocenters. The van der Waals surface area contributed by atoms with E-state index in [9.17, 15) is 9.59 Å². The fourth-order valence-electron chi connectivity index (χ4n) is 1.80. The Morgan fingerprint density at radius 1 is 1.33 bits per heavy atom. The smallest absolute Gasteiger partial charge is 0.335 e. The van der Waals surface area contributed by atoms with Crippen molar-refractivity contribution >= 4 is 29.0 Å². The van der Waals surface area contributed by atoms with Gasteiger partial charge in [0.2, 0.25) is 5.91 Å². The summed E-state index contributed by atoms with van der Waals surface area (Å²) in [4.78, 5) is 30.2. The second-order valence-corrected chi connectivity index (χ2v) is 4.79. The third kappa shape index (κ3) is 3.13. The first kappa shape index (κ1) is 14.8. The molecule has 1 aromatic carbocycles. The number of benzene rings is 1. The first-order valence-corrected chi connectivity index (χ1v) is 6.51. The van der Waals surface area contributed by atoms with Crippen molar-refractivity contribution in [3.63, 3.8) is 0 Å². The molecule has 0 saturated heterocycles. The van der Waals surface area contributed by atoms with Crippen molar-refractivity contribution in [1.82, 2.24) is 9.88 Å². The number of carbonyl (C=O) groups excluding carboxylic acids is 1. The molecule has 0 atom stereocenters. The SMILES string of the molecule is CCN(CC(=O)N(C)C)c1nc2ccc(C(=O)O)cc2o1. The van der Waals surface area contributed by atoms with Crippen LogP contribution in [-0.4, -0.2) is 54.1 Å². The topological polar surface area (TPSA) is 86.9 Å². The lowest BCUT2D eigenvalue weighted by Gasteiger charge is -2.20. The normalized spacial score (nSPS) is 10.6.